The summed E-state index contributed by atoms with van der Waals surface area (Å²) in [5.41, 5.74) is 2.63. The normalized spacial score (nSPS) is 14.6. The minimum absolute atomic E-state index is 0.0463. The smallest absolute Gasteiger partial charge is 0.257 e. The van der Waals surface area contributed by atoms with Gasteiger partial charge < -0.3 is 10.1 Å². The van der Waals surface area contributed by atoms with Gasteiger partial charge in [-0.3, -0.25) is 4.79 Å². The van der Waals surface area contributed by atoms with Crippen LogP contribution in [0.4, 0.5) is 0 Å². The molecule has 2 rings (SSSR count). The van der Waals surface area contributed by atoms with Gasteiger partial charge in [-0.25, -0.2) is 0 Å². The molecule has 1 aromatic carbocycles. The molecule has 1 amide bonds. The molecular formula is C19H27NO2. The van der Waals surface area contributed by atoms with Crippen molar-refractivity contribution in [2.24, 2.45) is 0 Å². The Hall–Kier alpha value is -1.77. The first-order valence-corrected chi connectivity index (χ1v) is 8.33. The maximum Gasteiger partial charge on any atom is 0.257 e. The van der Waals surface area contributed by atoms with Gasteiger partial charge in [0.25, 0.3) is 5.91 Å². The van der Waals surface area contributed by atoms with Crippen molar-refractivity contribution >= 4 is 5.91 Å². The molecule has 0 heterocycles. The highest BCUT2D eigenvalue weighted by atomic mass is 16.5. The van der Waals surface area contributed by atoms with E-state index in [0.29, 0.717) is 12.5 Å². The molecule has 0 saturated carbocycles. The van der Waals surface area contributed by atoms with Crippen molar-refractivity contribution in [3.05, 3.63) is 41.5 Å². The van der Waals surface area contributed by atoms with E-state index in [4.69, 9.17) is 4.74 Å². The highest BCUT2D eigenvalue weighted by Crippen LogP contribution is 2.25. The van der Waals surface area contributed by atoms with E-state index < -0.39 is 0 Å². The molecule has 1 aliphatic carbocycles. The van der Waals surface area contributed by atoms with Gasteiger partial charge in [0.1, 0.15) is 5.75 Å². The summed E-state index contributed by atoms with van der Waals surface area (Å²) < 4.78 is 5.68. The van der Waals surface area contributed by atoms with Crippen molar-refractivity contribution in [2.45, 2.75) is 51.9 Å². The minimum atomic E-state index is -0.0463. The van der Waals surface area contributed by atoms with Crippen LogP contribution in [0, 0.1) is 0 Å². The summed E-state index contributed by atoms with van der Waals surface area (Å²) in [5.74, 6) is 1.15. The Morgan fingerprint density at radius 2 is 2.09 bits per heavy atom. The lowest BCUT2D eigenvalue weighted by atomic mass is 9.97. The first-order valence-electron chi connectivity index (χ1n) is 8.33. The Kier molecular flexibility index (Phi) is 6.50. The second-order valence-corrected chi connectivity index (χ2v) is 6.19. The molecule has 0 bridgehead atoms. The molecule has 1 aliphatic rings. The number of rotatable bonds is 7. The molecule has 0 radical (unpaired) electrons. The Bertz CT molecular complexity index is 520. The van der Waals surface area contributed by atoms with E-state index in [-0.39, 0.29) is 12.5 Å². The minimum Gasteiger partial charge on any atom is -0.483 e. The standard InChI is InChI=1S/C19H27NO2/c1-15(2)17-10-6-7-11-18(17)22-14-19(21)20-13-12-16-8-4-3-5-9-16/h6-8,10-11,15H,3-5,9,12-14H2,1-2H3,(H,20,21). The summed E-state index contributed by atoms with van der Waals surface area (Å²) >= 11 is 0. The summed E-state index contributed by atoms with van der Waals surface area (Å²) in [6.45, 7) is 5.04. The number of nitrogens with one attached hydrogen (secondary N) is 1. The van der Waals surface area contributed by atoms with Crippen LogP contribution in [0.5, 0.6) is 5.75 Å². The van der Waals surface area contributed by atoms with Crippen LogP contribution in [0.3, 0.4) is 0 Å². The number of amides is 1. The third-order valence-corrected chi connectivity index (χ3v) is 4.05. The molecule has 0 spiro atoms. The fourth-order valence-electron chi connectivity index (χ4n) is 2.78. The Balaban J connectivity index is 1.72. The topological polar surface area (TPSA) is 38.3 Å². The molecule has 0 unspecified atom stereocenters. The van der Waals surface area contributed by atoms with Gasteiger partial charge in [-0.2, -0.15) is 0 Å². The van der Waals surface area contributed by atoms with Crippen molar-refractivity contribution in [1.82, 2.24) is 5.32 Å². The SMILES string of the molecule is CC(C)c1ccccc1OCC(=O)NCCC1=CCCCC1. The van der Waals surface area contributed by atoms with Crippen LogP contribution in [0.2, 0.25) is 0 Å². The summed E-state index contributed by atoms with van der Waals surface area (Å²) in [4.78, 5) is 11.9. The summed E-state index contributed by atoms with van der Waals surface area (Å²) in [6, 6.07) is 7.91. The zero-order valence-corrected chi connectivity index (χ0v) is 13.7. The van der Waals surface area contributed by atoms with E-state index in [1.165, 1.54) is 31.3 Å². The van der Waals surface area contributed by atoms with Crippen LogP contribution in [0.25, 0.3) is 0 Å². The number of carbonyl (C=O) groups is 1. The summed E-state index contributed by atoms with van der Waals surface area (Å²) in [7, 11) is 0. The molecular weight excluding hydrogens is 274 g/mol. The molecule has 3 heteroatoms. The monoisotopic (exact) mass is 301 g/mol. The van der Waals surface area contributed by atoms with E-state index in [9.17, 15) is 4.79 Å². The highest BCUT2D eigenvalue weighted by Gasteiger charge is 2.09. The molecule has 3 nitrogen and oxygen atoms in total. The molecule has 0 aliphatic heterocycles. The number of para-hydroxylation sites is 1. The van der Waals surface area contributed by atoms with Crippen molar-refractivity contribution < 1.29 is 9.53 Å². The van der Waals surface area contributed by atoms with E-state index in [2.05, 4.69) is 25.2 Å². The van der Waals surface area contributed by atoms with Gasteiger partial charge in [-0.05, 0) is 49.7 Å². The predicted molar refractivity (Wildman–Crippen MR) is 90.2 cm³/mol. The Labute approximate surface area is 133 Å². The van der Waals surface area contributed by atoms with Gasteiger partial charge in [-0.1, -0.05) is 43.7 Å². The molecule has 0 saturated heterocycles. The van der Waals surface area contributed by atoms with E-state index >= 15 is 0 Å². The van der Waals surface area contributed by atoms with Crippen molar-refractivity contribution in [3.8, 4) is 5.75 Å². The van der Waals surface area contributed by atoms with Crippen molar-refractivity contribution in [1.29, 1.82) is 0 Å². The lowest BCUT2D eigenvalue weighted by Gasteiger charge is -2.15. The van der Waals surface area contributed by atoms with Gasteiger partial charge in [-0.15, -0.1) is 0 Å². The van der Waals surface area contributed by atoms with Crippen molar-refractivity contribution in [3.63, 3.8) is 0 Å². The van der Waals surface area contributed by atoms with Crippen LogP contribution < -0.4 is 10.1 Å². The van der Waals surface area contributed by atoms with E-state index in [1.54, 1.807) is 0 Å². The third-order valence-electron chi connectivity index (χ3n) is 4.05. The second kappa shape index (κ2) is 8.62. The van der Waals surface area contributed by atoms with Crippen LogP contribution in [-0.4, -0.2) is 19.1 Å². The average Bonchev–Trinajstić information content (AvgIpc) is 2.54. The van der Waals surface area contributed by atoms with Crippen molar-refractivity contribution in [2.75, 3.05) is 13.2 Å². The molecule has 1 aromatic rings. The lowest BCUT2D eigenvalue weighted by molar-refractivity contribution is -0.123. The maximum absolute atomic E-state index is 11.9. The fourth-order valence-corrected chi connectivity index (χ4v) is 2.78. The first-order chi connectivity index (χ1) is 10.7. The van der Waals surface area contributed by atoms with Gasteiger partial charge in [0.2, 0.25) is 0 Å². The number of ether oxygens (including phenoxy) is 1. The molecule has 1 N–H and O–H groups in total. The quantitative estimate of drug-likeness (QED) is 0.767. The number of carbonyl (C=O) groups excluding carboxylic acids is 1. The van der Waals surface area contributed by atoms with Crippen LogP contribution >= 0.6 is 0 Å². The van der Waals surface area contributed by atoms with Gasteiger partial charge in [0.05, 0.1) is 0 Å². The zero-order valence-electron chi connectivity index (χ0n) is 13.7. The molecule has 0 fully saturated rings. The highest BCUT2D eigenvalue weighted by molar-refractivity contribution is 5.77. The van der Waals surface area contributed by atoms with E-state index in [1.807, 2.05) is 24.3 Å². The largest absolute Gasteiger partial charge is 0.483 e. The maximum atomic E-state index is 11.9. The van der Waals surface area contributed by atoms with Gasteiger partial charge in [0.15, 0.2) is 6.61 Å². The Morgan fingerprint density at radius 1 is 1.27 bits per heavy atom. The first kappa shape index (κ1) is 16.6. The molecule has 22 heavy (non-hydrogen) atoms. The third kappa shape index (κ3) is 5.21. The summed E-state index contributed by atoms with van der Waals surface area (Å²) in [5, 5.41) is 2.94. The lowest BCUT2D eigenvalue weighted by Crippen LogP contribution is -2.30. The average molecular weight is 301 g/mol. The van der Waals surface area contributed by atoms with Crippen LogP contribution in [-0.2, 0) is 4.79 Å². The summed E-state index contributed by atoms with van der Waals surface area (Å²) in [6.07, 6.45) is 8.26. The number of hydrogen-bond acceptors (Lipinski definition) is 2. The zero-order chi connectivity index (χ0) is 15.8. The van der Waals surface area contributed by atoms with Crippen LogP contribution in [0.1, 0.15) is 57.4 Å². The second-order valence-electron chi connectivity index (χ2n) is 6.19. The van der Waals surface area contributed by atoms with Crippen LogP contribution in [0.15, 0.2) is 35.9 Å². The van der Waals surface area contributed by atoms with Gasteiger partial charge >= 0.3 is 0 Å². The number of allylic oxidation sites excluding steroid dienone is 1. The van der Waals surface area contributed by atoms with E-state index in [0.717, 1.165) is 17.7 Å². The predicted octanol–water partition coefficient (Wildman–Crippen LogP) is 4.20. The molecule has 0 aromatic heterocycles. The Morgan fingerprint density at radius 3 is 2.82 bits per heavy atom. The number of hydrogen-bond donors (Lipinski definition) is 1. The molecule has 0 atom stereocenters. The van der Waals surface area contributed by atoms with Gasteiger partial charge in [0, 0.05) is 6.54 Å². The number of benzene rings is 1. The molecule has 120 valence electrons. The fraction of sp³-hybridized carbons (Fsp3) is 0.526.